The standard InChI is InChI=1S/C20H27N3O3S/c1-15(2)13-26-20(24)23-10-8-22(9-11-23)12-17-14-27-19(21-17)16-4-6-18(25-3)7-5-16/h4-7,14-15H,8-13H2,1-3H3. The van der Waals surface area contributed by atoms with Crippen molar-refractivity contribution in [1.29, 1.82) is 0 Å². The van der Waals surface area contributed by atoms with E-state index in [1.54, 1.807) is 23.3 Å². The Morgan fingerprint density at radius 2 is 1.89 bits per heavy atom. The van der Waals surface area contributed by atoms with Crippen LogP contribution in [0.5, 0.6) is 5.75 Å². The number of nitrogens with zero attached hydrogens (tertiary/aromatic N) is 3. The normalized spacial score (nSPS) is 15.2. The van der Waals surface area contributed by atoms with E-state index in [0.717, 1.165) is 41.6 Å². The molecule has 1 aromatic carbocycles. The van der Waals surface area contributed by atoms with Crippen LogP contribution in [0.1, 0.15) is 19.5 Å². The number of hydrogen-bond acceptors (Lipinski definition) is 6. The van der Waals surface area contributed by atoms with Crippen LogP contribution in [-0.2, 0) is 11.3 Å². The third kappa shape index (κ3) is 5.43. The molecule has 0 aliphatic carbocycles. The number of hydrogen-bond donors (Lipinski definition) is 0. The van der Waals surface area contributed by atoms with E-state index in [1.807, 2.05) is 38.1 Å². The highest BCUT2D eigenvalue weighted by atomic mass is 32.1. The molecule has 1 aromatic heterocycles. The summed E-state index contributed by atoms with van der Waals surface area (Å²) in [7, 11) is 1.67. The average molecular weight is 390 g/mol. The first-order valence-electron chi connectivity index (χ1n) is 9.28. The minimum Gasteiger partial charge on any atom is -0.497 e. The van der Waals surface area contributed by atoms with Crippen LogP contribution in [0.2, 0.25) is 0 Å². The Morgan fingerprint density at radius 3 is 2.52 bits per heavy atom. The van der Waals surface area contributed by atoms with Gasteiger partial charge in [-0.25, -0.2) is 9.78 Å². The van der Waals surface area contributed by atoms with E-state index in [9.17, 15) is 4.79 Å². The Kier molecular flexibility index (Phi) is 6.68. The second-order valence-electron chi connectivity index (χ2n) is 7.11. The lowest BCUT2D eigenvalue weighted by Gasteiger charge is -2.33. The summed E-state index contributed by atoms with van der Waals surface area (Å²) in [6.07, 6.45) is -0.196. The van der Waals surface area contributed by atoms with Gasteiger partial charge in [-0.2, -0.15) is 0 Å². The van der Waals surface area contributed by atoms with Gasteiger partial charge in [0.2, 0.25) is 0 Å². The van der Waals surface area contributed by atoms with Crippen molar-refractivity contribution < 1.29 is 14.3 Å². The van der Waals surface area contributed by atoms with Crippen molar-refractivity contribution in [2.45, 2.75) is 20.4 Å². The summed E-state index contributed by atoms with van der Waals surface area (Å²) in [5, 5.41) is 3.13. The van der Waals surface area contributed by atoms with Gasteiger partial charge in [-0.1, -0.05) is 13.8 Å². The number of rotatable bonds is 6. The summed E-state index contributed by atoms with van der Waals surface area (Å²) in [5.74, 6) is 1.21. The molecule has 0 saturated carbocycles. The molecule has 7 heteroatoms. The predicted molar refractivity (Wildman–Crippen MR) is 107 cm³/mol. The van der Waals surface area contributed by atoms with Gasteiger partial charge < -0.3 is 14.4 Å². The average Bonchev–Trinajstić information content (AvgIpc) is 3.15. The van der Waals surface area contributed by atoms with Gasteiger partial charge in [-0.15, -0.1) is 11.3 Å². The summed E-state index contributed by atoms with van der Waals surface area (Å²) in [5.41, 5.74) is 2.17. The molecule has 2 aromatic rings. The summed E-state index contributed by atoms with van der Waals surface area (Å²) in [6, 6.07) is 7.97. The quantitative estimate of drug-likeness (QED) is 0.753. The molecule has 1 fully saturated rings. The van der Waals surface area contributed by atoms with Gasteiger partial charge in [-0.3, -0.25) is 4.90 Å². The van der Waals surface area contributed by atoms with Crippen molar-refractivity contribution in [2.24, 2.45) is 5.92 Å². The third-order valence-electron chi connectivity index (χ3n) is 4.44. The van der Waals surface area contributed by atoms with Crippen LogP contribution in [0.15, 0.2) is 29.6 Å². The lowest BCUT2D eigenvalue weighted by atomic mass is 10.2. The van der Waals surface area contributed by atoms with Gasteiger partial charge in [0.15, 0.2) is 0 Å². The molecule has 1 aliphatic heterocycles. The second kappa shape index (κ2) is 9.19. The highest BCUT2D eigenvalue weighted by Gasteiger charge is 2.22. The van der Waals surface area contributed by atoms with Crippen LogP contribution >= 0.6 is 11.3 Å². The van der Waals surface area contributed by atoms with Crippen LogP contribution < -0.4 is 4.74 Å². The van der Waals surface area contributed by atoms with Crippen molar-refractivity contribution >= 4 is 17.4 Å². The smallest absolute Gasteiger partial charge is 0.409 e. The molecule has 1 amide bonds. The van der Waals surface area contributed by atoms with E-state index in [1.165, 1.54) is 0 Å². The molecule has 3 rings (SSSR count). The van der Waals surface area contributed by atoms with Crippen LogP contribution in [0.4, 0.5) is 4.79 Å². The fraction of sp³-hybridized carbons (Fsp3) is 0.500. The molecular weight excluding hydrogens is 362 g/mol. The van der Waals surface area contributed by atoms with E-state index < -0.39 is 0 Å². The maximum Gasteiger partial charge on any atom is 0.409 e. The van der Waals surface area contributed by atoms with Crippen LogP contribution in [-0.4, -0.2) is 60.8 Å². The van der Waals surface area contributed by atoms with Gasteiger partial charge in [0.1, 0.15) is 10.8 Å². The third-order valence-corrected chi connectivity index (χ3v) is 5.39. The first-order chi connectivity index (χ1) is 13.0. The number of aromatic nitrogens is 1. The van der Waals surface area contributed by atoms with Crippen LogP contribution in [0, 0.1) is 5.92 Å². The monoisotopic (exact) mass is 389 g/mol. The number of ether oxygens (including phenoxy) is 2. The summed E-state index contributed by atoms with van der Waals surface area (Å²) >= 11 is 1.66. The van der Waals surface area contributed by atoms with Gasteiger partial charge in [0, 0.05) is 43.7 Å². The van der Waals surface area contributed by atoms with E-state index >= 15 is 0 Å². The van der Waals surface area contributed by atoms with E-state index in [-0.39, 0.29) is 6.09 Å². The second-order valence-corrected chi connectivity index (χ2v) is 7.96. The van der Waals surface area contributed by atoms with Crippen LogP contribution in [0.3, 0.4) is 0 Å². The number of benzene rings is 1. The lowest BCUT2D eigenvalue weighted by Crippen LogP contribution is -2.48. The fourth-order valence-corrected chi connectivity index (χ4v) is 3.71. The molecule has 0 radical (unpaired) electrons. The van der Waals surface area contributed by atoms with Gasteiger partial charge in [-0.05, 0) is 30.2 Å². The SMILES string of the molecule is COc1ccc(-c2nc(CN3CCN(C(=O)OCC(C)C)CC3)cs2)cc1. The number of thiazole rings is 1. The number of methoxy groups -OCH3 is 1. The molecular formula is C20H27N3O3S. The van der Waals surface area contributed by atoms with E-state index in [4.69, 9.17) is 14.5 Å². The summed E-state index contributed by atoms with van der Waals surface area (Å²) in [6.45, 7) is 8.45. The van der Waals surface area contributed by atoms with Crippen LogP contribution in [0.25, 0.3) is 10.6 Å². The van der Waals surface area contributed by atoms with Gasteiger partial charge in [0.05, 0.1) is 19.4 Å². The largest absolute Gasteiger partial charge is 0.497 e. The minimum absolute atomic E-state index is 0.196. The molecule has 6 nitrogen and oxygen atoms in total. The molecule has 0 spiro atoms. The first-order valence-corrected chi connectivity index (χ1v) is 10.2. The van der Waals surface area contributed by atoms with Crippen molar-refractivity contribution in [3.8, 4) is 16.3 Å². The Bertz CT molecular complexity index is 737. The van der Waals surface area contributed by atoms with Gasteiger partial charge >= 0.3 is 6.09 Å². The van der Waals surface area contributed by atoms with E-state index in [0.29, 0.717) is 25.6 Å². The molecule has 0 atom stereocenters. The maximum absolute atomic E-state index is 12.0. The highest BCUT2D eigenvalue weighted by Crippen LogP contribution is 2.26. The number of piperazine rings is 1. The highest BCUT2D eigenvalue weighted by molar-refractivity contribution is 7.13. The van der Waals surface area contributed by atoms with Crippen molar-refractivity contribution in [3.05, 3.63) is 35.3 Å². The minimum atomic E-state index is -0.196. The number of carbonyl (C=O) groups excluding carboxylic acids is 1. The fourth-order valence-electron chi connectivity index (χ4n) is 2.89. The molecule has 27 heavy (non-hydrogen) atoms. The zero-order valence-electron chi connectivity index (χ0n) is 16.2. The molecule has 1 aliphatic rings. The Hall–Kier alpha value is -2.12. The maximum atomic E-state index is 12.0. The first kappa shape index (κ1) is 19.6. The molecule has 2 heterocycles. The number of carbonyl (C=O) groups is 1. The van der Waals surface area contributed by atoms with Crippen molar-refractivity contribution in [2.75, 3.05) is 39.9 Å². The zero-order chi connectivity index (χ0) is 19.2. The molecule has 146 valence electrons. The zero-order valence-corrected chi connectivity index (χ0v) is 17.0. The molecule has 0 unspecified atom stereocenters. The van der Waals surface area contributed by atoms with Gasteiger partial charge in [0.25, 0.3) is 0 Å². The lowest BCUT2D eigenvalue weighted by molar-refractivity contribution is 0.0674. The Labute approximate surface area is 164 Å². The Morgan fingerprint density at radius 1 is 1.19 bits per heavy atom. The van der Waals surface area contributed by atoms with Crippen molar-refractivity contribution in [1.82, 2.24) is 14.8 Å². The molecule has 0 N–H and O–H groups in total. The topological polar surface area (TPSA) is 54.9 Å². The Balaban J connectivity index is 1.49. The molecule has 1 saturated heterocycles. The summed E-state index contributed by atoms with van der Waals surface area (Å²) in [4.78, 5) is 20.9. The van der Waals surface area contributed by atoms with Crippen molar-refractivity contribution in [3.63, 3.8) is 0 Å². The van der Waals surface area contributed by atoms with E-state index in [2.05, 4.69) is 10.3 Å². The predicted octanol–water partition coefficient (Wildman–Crippen LogP) is 3.73. The molecule has 0 bridgehead atoms. The summed E-state index contributed by atoms with van der Waals surface area (Å²) < 4.78 is 10.5. The number of amides is 1.